The van der Waals surface area contributed by atoms with E-state index in [1.54, 1.807) is 6.08 Å². The molecule has 0 saturated carbocycles. The monoisotopic (exact) mass is 1080 g/mol. The summed E-state index contributed by atoms with van der Waals surface area (Å²) in [6.45, 7) is 2.64. The van der Waals surface area contributed by atoms with Crippen LogP contribution >= 0.6 is 0 Å². The second-order valence-electron chi connectivity index (χ2n) is 20.4. The minimum atomic E-state index is -1.80. The molecule has 0 spiro atoms. The normalized spacial score (nSPS) is 25.5. The Hall–Kier alpha value is -3.35. The van der Waals surface area contributed by atoms with Gasteiger partial charge in [0.05, 0.1) is 32.0 Å². The number of aliphatic hydroxyl groups excluding tert-OH is 8. The molecule has 0 radical (unpaired) electrons. The number of carbonyl (C=O) groups is 1. The van der Waals surface area contributed by atoms with Gasteiger partial charge < -0.3 is 65.1 Å². The molecule has 2 heterocycles. The molecule has 2 saturated heterocycles. The molecule has 0 aromatic rings. The fourth-order valence-electron chi connectivity index (χ4n) is 8.95. The summed E-state index contributed by atoms with van der Waals surface area (Å²) in [5, 5.41) is 87.0. The molecule has 2 aliphatic heterocycles. The Kier molecular flexibility index (Phi) is 43.0. The average Bonchev–Trinajstić information content (AvgIpc) is 3.43. The van der Waals surface area contributed by atoms with E-state index in [-0.39, 0.29) is 18.9 Å². The minimum Gasteiger partial charge on any atom is -0.394 e. The van der Waals surface area contributed by atoms with Gasteiger partial charge in [-0.05, 0) is 83.5 Å². The molecule has 14 nitrogen and oxygen atoms in total. The second kappa shape index (κ2) is 47.5. The number of unbranched alkanes of at least 4 members (excludes halogenated alkanes) is 16. The summed E-state index contributed by atoms with van der Waals surface area (Å²) in [4.78, 5) is 13.2. The Labute approximate surface area is 464 Å². The summed E-state index contributed by atoms with van der Waals surface area (Å²) in [5.41, 5.74) is 0. The Bertz CT molecular complexity index is 1700. The summed E-state index contributed by atoms with van der Waals surface area (Å²) in [7, 11) is 0. The van der Waals surface area contributed by atoms with Crippen LogP contribution < -0.4 is 5.32 Å². The van der Waals surface area contributed by atoms with E-state index >= 15 is 0 Å². The SMILES string of the molecule is CC/C=C\C/C=C\C/C=C\C/C=C\C/C=C\C/C=C\C/C=C\C/C=C\CCCCCCC(=O)NC(COC1OC(CO)C(OC2OC(CO)C(O)C(O)C2O)C(O)C1O)C(O)/C=C/CCCCCCCCCCCCCC. The first-order chi connectivity index (χ1) is 37.6. The summed E-state index contributed by atoms with van der Waals surface area (Å²) in [5.74, 6) is -0.269. The molecule has 2 aliphatic rings. The summed E-state index contributed by atoms with van der Waals surface area (Å²) in [6, 6.07) is -0.936. The van der Waals surface area contributed by atoms with Gasteiger partial charge >= 0.3 is 0 Å². The van der Waals surface area contributed by atoms with E-state index in [1.165, 1.54) is 64.2 Å². The van der Waals surface area contributed by atoms with Crippen molar-refractivity contribution in [2.45, 2.75) is 261 Å². The van der Waals surface area contributed by atoms with Crippen LogP contribution in [0.1, 0.15) is 187 Å². The Morgan fingerprint density at radius 3 is 1.38 bits per heavy atom. The minimum absolute atomic E-state index is 0.244. The molecular formula is C63H105NO13. The van der Waals surface area contributed by atoms with Gasteiger partial charge in [0.15, 0.2) is 12.6 Å². The molecule has 440 valence electrons. The highest BCUT2D eigenvalue weighted by Gasteiger charge is 2.51. The molecule has 0 aromatic heterocycles. The van der Waals surface area contributed by atoms with Crippen LogP contribution in [0.25, 0.3) is 0 Å². The largest absolute Gasteiger partial charge is 0.394 e. The van der Waals surface area contributed by atoms with Crippen LogP contribution in [0.4, 0.5) is 0 Å². The highest BCUT2D eigenvalue weighted by atomic mass is 16.7. The smallest absolute Gasteiger partial charge is 0.220 e. The van der Waals surface area contributed by atoms with Gasteiger partial charge in [-0.2, -0.15) is 0 Å². The quantitative estimate of drug-likeness (QED) is 0.0205. The molecule has 2 rings (SSSR count). The van der Waals surface area contributed by atoms with Crippen molar-refractivity contribution < 1.29 is 64.6 Å². The first-order valence-electron chi connectivity index (χ1n) is 29.6. The summed E-state index contributed by atoms with van der Waals surface area (Å²) < 4.78 is 22.7. The molecule has 14 heteroatoms. The highest BCUT2D eigenvalue weighted by Crippen LogP contribution is 2.30. The lowest BCUT2D eigenvalue weighted by Crippen LogP contribution is -2.65. The number of amides is 1. The van der Waals surface area contributed by atoms with Crippen LogP contribution in [0.5, 0.6) is 0 Å². The van der Waals surface area contributed by atoms with Crippen molar-refractivity contribution in [3.8, 4) is 0 Å². The van der Waals surface area contributed by atoms with Crippen molar-refractivity contribution in [2.24, 2.45) is 0 Å². The van der Waals surface area contributed by atoms with Gasteiger partial charge in [0.25, 0.3) is 0 Å². The molecule has 1 amide bonds. The number of carbonyl (C=O) groups excluding carboxylic acids is 1. The van der Waals surface area contributed by atoms with Gasteiger partial charge in [-0.15, -0.1) is 0 Å². The zero-order valence-corrected chi connectivity index (χ0v) is 47.2. The third-order valence-corrected chi connectivity index (χ3v) is 13.7. The standard InChI is InChI=1S/C63H105NO13/c1-3-5-7-9-11-13-15-17-19-20-21-22-23-24-25-26-27-28-29-30-31-32-33-35-37-39-41-43-45-47-55(68)64-51(52(67)46-44-42-40-38-36-34-18-16-14-12-10-8-6-4-2)50-74-62-60(73)58(71)61(54(49-66)76-62)77-63-59(72)57(70)56(69)53(48-65)75-63/h5,7,11,13,17,19,21-22,24-25,27-28,30-31,33,35,44,46,51-54,56-63,65-67,69-73H,3-4,6,8-10,12,14-16,18,20,23,26,29,32,34,36-43,45,47-50H2,1-2H3,(H,64,68)/b7-5-,13-11-,19-17-,22-21-,25-24-,28-27-,31-30-,35-33-,46-44+. The van der Waals surface area contributed by atoms with E-state index in [4.69, 9.17) is 18.9 Å². The van der Waals surface area contributed by atoms with Gasteiger partial charge in [0.1, 0.15) is 48.8 Å². The molecule has 12 atom stereocenters. The third-order valence-electron chi connectivity index (χ3n) is 13.7. The van der Waals surface area contributed by atoms with E-state index in [0.29, 0.717) is 6.42 Å². The van der Waals surface area contributed by atoms with Crippen LogP contribution in [0.15, 0.2) is 109 Å². The van der Waals surface area contributed by atoms with Gasteiger partial charge in [-0.3, -0.25) is 4.79 Å². The lowest BCUT2D eigenvalue weighted by Gasteiger charge is -2.46. The molecular weight excluding hydrogens is 979 g/mol. The first kappa shape index (κ1) is 69.8. The van der Waals surface area contributed by atoms with E-state index in [1.807, 2.05) is 6.08 Å². The Morgan fingerprint density at radius 2 is 0.896 bits per heavy atom. The number of aliphatic hydroxyl groups is 8. The molecule has 0 aromatic carbocycles. The number of nitrogens with one attached hydrogen (secondary N) is 1. The maximum Gasteiger partial charge on any atom is 0.220 e. The van der Waals surface area contributed by atoms with E-state index in [2.05, 4.69) is 116 Å². The van der Waals surface area contributed by atoms with Crippen LogP contribution in [-0.2, 0) is 23.7 Å². The van der Waals surface area contributed by atoms with Crippen LogP contribution in [0, 0.1) is 0 Å². The first-order valence-corrected chi connectivity index (χ1v) is 29.6. The maximum absolute atomic E-state index is 13.2. The number of rotatable bonds is 45. The van der Waals surface area contributed by atoms with Crippen LogP contribution in [0.2, 0.25) is 0 Å². The predicted molar refractivity (Wildman–Crippen MR) is 309 cm³/mol. The van der Waals surface area contributed by atoms with Crippen molar-refractivity contribution in [2.75, 3.05) is 19.8 Å². The van der Waals surface area contributed by atoms with Gasteiger partial charge in [-0.1, -0.05) is 207 Å². The number of hydrogen-bond donors (Lipinski definition) is 9. The average molecular weight is 1080 g/mol. The zero-order valence-electron chi connectivity index (χ0n) is 47.2. The van der Waals surface area contributed by atoms with E-state index < -0.39 is 86.8 Å². The van der Waals surface area contributed by atoms with Gasteiger partial charge in [0.2, 0.25) is 5.91 Å². The van der Waals surface area contributed by atoms with Crippen molar-refractivity contribution >= 4 is 5.91 Å². The maximum atomic E-state index is 13.2. The summed E-state index contributed by atoms with van der Waals surface area (Å²) >= 11 is 0. The predicted octanol–water partition coefficient (Wildman–Crippen LogP) is 10.1. The fourth-order valence-corrected chi connectivity index (χ4v) is 8.95. The van der Waals surface area contributed by atoms with Gasteiger partial charge in [0, 0.05) is 6.42 Å². The van der Waals surface area contributed by atoms with Crippen LogP contribution in [0.3, 0.4) is 0 Å². The molecule has 2 fully saturated rings. The zero-order chi connectivity index (χ0) is 56.0. The number of allylic oxidation sites excluding steroid dienone is 17. The Balaban J connectivity index is 1.76. The fraction of sp³-hybridized carbons (Fsp3) is 0.698. The van der Waals surface area contributed by atoms with Gasteiger partial charge in [-0.25, -0.2) is 0 Å². The van der Waals surface area contributed by atoms with E-state index in [0.717, 1.165) is 96.3 Å². The second-order valence-corrected chi connectivity index (χ2v) is 20.4. The lowest BCUT2D eigenvalue weighted by atomic mass is 9.97. The molecule has 12 unspecified atom stereocenters. The van der Waals surface area contributed by atoms with Crippen molar-refractivity contribution in [3.05, 3.63) is 109 Å². The molecule has 0 bridgehead atoms. The van der Waals surface area contributed by atoms with Crippen molar-refractivity contribution in [1.82, 2.24) is 5.32 Å². The topological polar surface area (TPSA) is 228 Å². The van der Waals surface area contributed by atoms with Crippen molar-refractivity contribution in [1.29, 1.82) is 0 Å². The number of ether oxygens (including phenoxy) is 4. The third kappa shape index (κ3) is 33.1. The van der Waals surface area contributed by atoms with Crippen LogP contribution in [-0.4, -0.2) is 140 Å². The molecule has 77 heavy (non-hydrogen) atoms. The molecule has 9 N–H and O–H groups in total. The molecule has 0 aliphatic carbocycles. The lowest BCUT2D eigenvalue weighted by molar-refractivity contribution is -0.359. The summed E-state index contributed by atoms with van der Waals surface area (Å²) in [6.07, 6.45) is 49.8. The van der Waals surface area contributed by atoms with Crippen molar-refractivity contribution in [3.63, 3.8) is 0 Å². The Morgan fingerprint density at radius 1 is 0.481 bits per heavy atom. The van der Waals surface area contributed by atoms with E-state index in [9.17, 15) is 45.6 Å². The number of hydrogen-bond acceptors (Lipinski definition) is 13. The highest BCUT2D eigenvalue weighted by molar-refractivity contribution is 5.76.